The Morgan fingerprint density at radius 3 is 2.69 bits per heavy atom. The van der Waals surface area contributed by atoms with E-state index in [2.05, 4.69) is 15.6 Å². The molecule has 174 valence electrons. The van der Waals surface area contributed by atoms with Gasteiger partial charge >= 0.3 is 0 Å². The highest BCUT2D eigenvalue weighted by atomic mass is 16.3. The maximum absolute atomic E-state index is 13.4. The van der Waals surface area contributed by atoms with Gasteiger partial charge in [0.1, 0.15) is 0 Å². The number of aromatic nitrogens is 2. The van der Waals surface area contributed by atoms with Gasteiger partial charge in [0.15, 0.2) is 0 Å². The predicted molar refractivity (Wildman–Crippen MR) is 120 cm³/mol. The number of nitrogens with zero attached hydrogens (tertiary/aromatic N) is 3. The monoisotopic (exact) mass is 441 g/mol. The molecule has 8 heteroatoms. The van der Waals surface area contributed by atoms with Crippen LogP contribution in [0.2, 0.25) is 0 Å². The van der Waals surface area contributed by atoms with Crippen LogP contribution in [0.4, 0.5) is 5.95 Å². The number of aliphatic hydroxyl groups is 1. The van der Waals surface area contributed by atoms with Gasteiger partial charge in [-0.05, 0) is 62.7 Å². The number of carbonyl (C=O) groups excluding carboxylic acids is 2. The maximum atomic E-state index is 13.4. The molecule has 5 atom stereocenters. The maximum Gasteiger partial charge on any atom is 0.254 e. The number of hydrogen-bond donors (Lipinski definition) is 3. The summed E-state index contributed by atoms with van der Waals surface area (Å²) < 4.78 is 0. The average molecular weight is 442 g/mol. The molecule has 1 aromatic rings. The first kappa shape index (κ1) is 21.6. The third-order valence-corrected chi connectivity index (χ3v) is 8.30. The van der Waals surface area contributed by atoms with Gasteiger partial charge in [-0.1, -0.05) is 12.8 Å². The summed E-state index contributed by atoms with van der Waals surface area (Å²) >= 11 is 0. The molecule has 4 aliphatic carbocycles. The van der Waals surface area contributed by atoms with E-state index in [4.69, 9.17) is 4.98 Å². The van der Waals surface area contributed by atoms with Crippen LogP contribution in [0, 0.1) is 17.3 Å². The fraction of sp³-hybridized carbons (Fsp3) is 0.750. The molecule has 5 rings (SSSR count). The highest BCUT2D eigenvalue weighted by molar-refractivity contribution is 5.95. The number of rotatable bonds is 6. The number of likely N-dealkylation sites (N-methyl/N-ethyl adjacent to an activating group) is 1. The van der Waals surface area contributed by atoms with Crippen LogP contribution in [-0.4, -0.2) is 64.1 Å². The Balaban J connectivity index is 1.34. The molecule has 8 nitrogen and oxygen atoms in total. The summed E-state index contributed by atoms with van der Waals surface area (Å²) in [6.07, 6.45) is 9.79. The van der Waals surface area contributed by atoms with Gasteiger partial charge < -0.3 is 20.6 Å². The molecular weight excluding hydrogens is 406 g/mol. The van der Waals surface area contributed by atoms with Gasteiger partial charge in [0, 0.05) is 32.3 Å². The van der Waals surface area contributed by atoms with E-state index in [1.54, 1.807) is 20.3 Å². The number of carbonyl (C=O) groups is 2. The van der Waals surface area contributed by atoms with Gasteiger partial charge in [0.2, 0.25) is 11.9 Å². The fourth-order valence-electron chi connectivity index (χ4n) is 6.90. The van der Waals surface area contributed by atoms with Crippen molar-refractivity contribution in [2.75, 3.05) is 26.0 Å². The fourth-order valence-corrected chi connectivity index (χ4v) is 6.90. The van der Waals surface area contributed by atoms with Crippen LogP contribution in [0.25, 0.3) is 0 Å². The number of hydrogen-bond acceptors (Lipinski definition) is 6. The second kappa shape index (κ2) is 7.68. The van der Waals surface area contributed by atoms with Crippen LogP contribution >= 0.6 is 0 Å². The van der Waals surface area contributed by atoms with Crippen LogP contribution in [-0.2, 0) is 4.79 Å². The van der Waals surface area contributed by atoms with Gasteiger partial charge in [0.05, 0.1) is 23.4 Å². The molecule has 4 unspecified atom stereocenters. The van der Waals surface area contributed by atoms with Crippen molar-refractivity contribution in [2.24, 2.45) is 17.3 Å². The summed E-state index contributed by atoms with van der Waals surface area (Å²) in [7, 11) is 3.42. The van der Waals surface area contributed by atoms with Crippen LogP contribution in [0.15, 0.2) is 6.20 Å². The molecule has 0 radical (unpaired) electrons. The smallest absolute Gasteiger partial charge is 0.254 e. The average Bonchev–Trinajstić information content (AvgIpc) is 3.09. The van der Waals surface area contributed by atoms with Crippen LogP contribution in [0.5, 0.6) is 0 Å². The van der Waals surface area contributed by atoms with Crippen molar-refractivity contribution < 1.29 is 14.7 Å². The van der Waals surface area contributed by atoms with E-state index in [1.165, 1.54) is 4.90 Å². The van der Waals surface area contributed by atoms with Crippen molar-refractivity contribution in [3.8, 4) is 0 Å². The quantitative estimate of drug-likeness (QED) is 0.625. The second-order valence-electron chi connectivity index (χ2n) is 11.1. The number of amides is 2. The lowest BCUT2D eigenvalue weighted by Gasteiger charge is -2.37. The first-order valence-electron chi connectivity index (χ1n) is 12.0. The zero-order valence-electron chi connectivity index (χ0n) is 19.4. The van der Waals surface area contributed by atoms with Gasteiger partial charge in [-0.2, -0.15) is 0 Å². The van der Waals surface area contributed by atoms with Crippen molar-refractivity contribution >= 4 is 17.8 Å². The van der Waals surface area contributed by atoms with E-state index < -0.39 is 5.60 Å². The van der Waals surface area contributed by atoms with Gasteiger partial charge in [0.25, 0.3) is 5.91 Å². The zero-order chi connectivity index (χ0) is 22.7. The third-order valence-electron chi connectivity index (χ3n) is 8.30. The minimum absolute atomic E-state index is 0.0561. The molecule has 32 heavy (non-hydrogen) atoms. The van der Waals surface area contributed by atoms with Gasteiger partial charge in [-0.15, -0.1) is 0 Å². The number of fused-ring (bicyclic) bond motifs is 1. The van der Waals surface area contributed by atoms with Gasteiger partial charge in [-0.3, -0.25) is 9.59 Å². The van der Waals surface area contributed by atoms with Crippen molar-refractivity contribution in [1.29, 1.82) is 0 Å². The standard InChI is InChI=1S/C24H35N5O3/c1-23(32)8-15-9-24(13-23)10-17(24)20(15)27-21(31)16-11-25-22(26-12-18(30)29(2)3)28-19(16)14-6-4-5-7-14/h11,14-15,17,20,32H,4-10,12-13H2,1-3H3,(H,27,31)(H,25,26,28)/t15?,17?,20?,23-,24?/m0/s1. The third kappa shape index (κ3) is 3.87. The molecule has 0 aliphatic heterocycles. The molecule has 4 fully saturated rings. The molecule has 4 saturated carbocycles. The Bertz CT molecular complexity index is 926. The van der Waals surface area contributed by atoms with Crippen molar-refractivity contribution in [1.82, 2.24) is 20.2 Å². The van der Waals surface area contributed by atoms with Crippen LogP contribution < -0.4 is 10.6 Å². The van der Waals surface area contributed by atoms with Crippen molar-refractivity contribution in [2.45, 2.75) is 75.9 Å². The number of nitrogens with one attached hydrogen (secondary N) is 2. The molecule has 2 bridgehead atoms. The summed E-state index contributed by atoms with van der Waals surface area (Å²) in [5.41, 5.74) is 0.978. The molecule has 3 N–H and O–H groups in total. The number of anilines is 1. The van der Waals surface area contributed by atoms with Crippen molar-refractivity contribution in [3.05, 3.63) is 17.5 Å². The predicted octanol–water partition coefficient (Wildman–Crippen LogP) is 2.30. The van der Waals surface area contributed by atoms with E-state index in [0.29, 0.717) is 23.3 Å². The molecule has 4 aliphatic rings. The lowest BCUT2D eigenvalue weighted by Crippen LogP contribution is -2.43. The topological polar surface area (TPSA) is 107 Å². The Morgan fingerprint density at radius 2 is 1.97 bits per heavy atom. The SMILES string of the molecule is CN(C)C(=O)CNc1ncc(C(=O)NC2C3CC4(CC24)C[C@@](C)(O)C3)c(C2CCCC2)n1. The normalized spacial score (nSPS) is 35.3. The molecule has 1 aromatic heterocycles. The summed E-state index contributed by atoms with van der Waals surface area (Å²) in [6, 6.07) is 0.128. The molecule has 2 amide bonds. The summed E-state index contributed by atoms with van der Waals surface area (Å²) in [6.45, 7) is 2.06. The van der Waals surface area contributed by atoms with E-state index in [0.717, 1.165) is 57.1 Å². The summed E-state index contributed by atoms with van der Waals surface area (Å²) in [5.74, 6) is 1.32. The minimum Gasteiger partial charge on any atom is -0.390 e. The lowest BCUT2D eigenvalue weighted by molar-refractivity contribution is -0.126. The van der Waals surface area contributed by atoms with Crippen molar-refractivity contribution in [3.63, 3.8) is 0 Å². The van der Waals surface area contributed by atoms with E-state index in [-0.39, 0.29) is 35.7 Å². The van der Waals surface area contributed by atoms with Crippen LogP contribution in [0.1, 0.15) is 80.3 Å². The minimum atomic E-state index is -0.618. The lowest BCUT2D eigenvalue weighted by atomic mass is 9.74. The van der Waals surface area contributed by atoms with Gasteiger partial charge in [-0.25, -0.2) is 9.97 Å². The molecular formula is C24H35N5O3. The first-order chi connectivity index (χ1) is 15.2. The molecule has 1 spiro atoms. The summed E-state index contributed by atoms with van der Waals surface area (Å²) in [4.78, 5) is 35.9. The Hall–Kier alpha value is -2.22. The largest absolute Gasteiger partial charge is 0.390 e. The van der Waals surface area contributed by atoms with E-state index in [9.17, 15) is 14.7 Å². The Labute approximate surface area is 189 Å². The Morgan fingerprint density at radius 1 is 1.22 bits per heavy atom. The van der Waals surface area contributed by atoms with E-state index >= 15 is 0 Å². The highest BCUT2D eigenvalue weighted by Gasteiger charge is 2.69. The van der Waals surface area contributed by atoms with Crippen LogP contribution in [0.3, 0.4) is 0 Å². The first-order valence-corrected chi connectivity index (χ1v) is 12.0. The second-order valence-corrected chi connectivity index (χ2v) is 11.1. The molecule has 0 aromatic carbocycles. The molecule has 0 saturated heterocycles. The zero-order valence-corrected chi connectivity index (χ0v) is 19.4. The Kier molecular flexibility index (Phi) is 5.19. The molecule has 1 heterocycles. The summed E-state index contributed by atoms with van der Waals surface area (Å²) in [5, 5.41) is 17.0. The van der Waals surface area contributed by atoms with E-state index in [1.807, 2.05) is 6.92 Å². The highest BCUT2D eigenvalue weighted by Crippen LogP contribution is 2.72.